The van der Waals surface area contributed by atoms with Crippen molar-refractivity contribution in [3.63, 3.8) is 0 Å². The lowest BCUT2D eigenvalue weighted by atomic mass is 9.96. The van der Waals surface area contributed by atoms with Crippen LogP contribution in [0.4, 0.5) is 5.82 Å². The molecule has 2 atom stereocenters. The fourth-order valence-corrected chi connectivity index (χ4v) is 5.33. The van der Waals surface area contributed by atoms with Crippen LogP contribution in [0, 0.1) is 0 Å². The minimum atomic E-state index is 0.0539. The number of fused-ring (bicyclic) bond motifs is 2. The SMILES string of the molecule is Nc1cccc(-c2ccc(CCN3C4CCC3CC(NC(=O)c3ccccc3)C4)cc2)n1. The van der Waals surface area contributed by atoms with E-state index in [4.69, 9.17) is 5.73 Å². The van der Waals surface area contributed by atoms with Crippen LogP contribution in [0.3, 0.4) is 0 Å². The van der Waals surface area contributed by atoms with Crippen molar-refractivity contribution in [3.8, 4) is 11.3 Å². The van der Waals surface area contributed by atoms with Gasteiger partial charge in [-0.15, -0.1) is 0 Å². The Labute approximate surface area is 189 Å². The van der Waals surface area contributed by atoms with Crippen LogP contribution in [0.5, 0.6) is 0 Å². The quantitative estimate of drug-likeness (QED) is 0.617. The number of nitrogens with one attached hydrogen (secondary N) is 1. The van der Waals surface area contributed by atoms with Gasteiger partial charge in [0.1, 0.15) is 5.82 Å². The lowest BCUT2D eigenvalue weighted by Crippen LogP contribution is -2.50. The maximum Gasteiger partial charge on any atom is 0.251 e. The van der Waals surface area contributed by atoms with Gasteiger partial charge in [-0.2, -0.15) is 0 Å². The van der Waals surface area contributed by atoms with E-state index in [1.54, 1.807) is 0 Å². The van der Waals surface area contributed by atoms with Crippen LogP contribution < -0.4 is 11.1 Å². The number of nitrogen functional groups attached to an aromatic ring is 1. The second-order valence-electron chi connectivity index (χ2n) is 9.03. The number of nitrogens with two attached hydrogens (primary N) is 1. The Kier molecular flexibility index (Phi) is 5.91. The van der Waals surface area contributed by atoms with Crippen molar-refractivity contribution in [3.05, 3.63) is 83.9 Å². The summed E-state index contributed by atoms with van der Waals surface area (Å²) >= 11 is 0. The molecule has 2 unspecified atom stereocenters. The van der Waals surface area contributed by atoms with Crippen molar-refractivity contribution in [2.24, 2.45) is 0 Å². The maximum atomic E-state index is 12.6. The molecule has 5 rings (SSSR count). The van der Waals surface area contributed by atoms with E-state index in [2.05, 4.69) is 39.5 Å². The first-order valence-electron chi connectivity index (χ1n) is 11.6. The summed E-state index contributed by atoms with van der Waals surface area (Å²) in [6.07, 6.45) is 5.62. The molecule has 0 saturated carbocycles. The summed E-state index contributed by atoms with van der Waals surface area (Å²) in [5.74, 6) is 0.601. The Morgan fingerprint density at radius 2 is 1.66 bits per heavy atom. The van der Waals surface area contributed by atoms with Gasteiger partial charge < -0.3 is 11.1 Å². The Bertz CT molecular complexity index is 1050. The summed E-state index contributed by atoms with van der Waals surface area (Å²) < 4.78 is 0. The predicted octanol–water partition coefficient (Wildman–Crippen LogP) is 4.30. The van der Waals surface area contributed by atoms with E-state index in [1.807, 2.05) is 48.5 Å². The number of benzene rings is 2. The average molecular weight is 427 g/mol. The van der Waals surface area contributed by atoms with E-state index in [-0.39, 0.29) is 11.9 Å². The second-order valence-corrected chi connectivity index (χ2v) is 9.03. The molecule has 2 fully saturated rings. The fourth-order valence-electron chi connectivity index (χ4n) is 5.33. The average Bonchev–Trinajstić information content (AvgIpc) is 3.06. The molecular weight excluding hydrogens is 396 g/mol. The van der Waals surface area contributed by atoms with Gasteiger partial charge in [0.05, 0.1) is 5.69 Å². The first-order chi connectivity index (χ1) is 15.7. The van der Waals surface area contributed by atoms with E-state index in [1.165, 1.54) is 18.4 Å². The van der Waals surface area contributed by atoms with Gasteiger partial charge >= 0.3 is 0 Å². The lowest BCUT2D eigenvalue weighted by molar-refractivity contribution is 0.0848. The molecule has 2 saturated heterocycles. The van der Waals surface area contributed by atoms with Crippen LogP contribution in [0.15, 0.2) is 72.8 Å². The second kappa shape index (κ2) is 9.13. The highest BCUT2D eigenvalue weighted by Gasteiger charge is 2.40. The van der Waals surface area contributed by atoms with Crippen molar-refractivity contribution in [1.82, 2.24) is 15.2 Å². The minimum absolute atomic E-state index is 0.0539. The standard InChI is InChI=1S/C27H30N4O/c28-26-8-4-7-25(30-26)20-11-9-19(10-12-20)15-16-31-23-13-14-24(31)18-22(17-23)29-27(32)21-5-2-1-3-6-21/h1-12,22-24H,13-18H2,(H2,28,30)(H,29,32). The molecule has 2 bridgehead atoms. The molecule has 1 amide bonds. The number of carbonyl (C=O) groups excluding carboxylic acids is 1. The summed E-state index contributed by atoms with van der Waals surface area (Å²) in [5.41, 5.74) is 9.91. The van der Waals surface area contributed by atoms with Crippen molar-refractivity contribution in [2.75, 3.05) is 12.3 Å². The lowest BCUT2D eigenvalue weighted by Gasteiger charge is -2.39. The number of nitrogens with zero attached hydrogens (tertiary/aromatic N) is 2. The molecule has 2 aliphatic rings. The molecule has 2 aromatic carbocycles. The van der Waals surface area contributed by atoms with E-state index in [0.717, 1.165) is 42.6 Å². The van der Waals surface area contributed by atoms with Gasteiger partial charge in [0.15, 0.2) is 0 Å². The molecule has 32 heavy (non-hydrogen) atoms. The molecule has 0 radical (unpaired) electrons. The maximum absolute atomic E-state index is 12.6. The van der Waals surface area contributed by atoms with Crippen LogP contribution in [0.25, 0.3) is 11.3 Å². The molecule has 0 spiro atoms. The van der Waals surface area contributed by atoms with Crippen LogP contribution >= 0.6 is 0 Å². The topological polar surface area (TPSA) is 71.2 Å². The molecule has 5 heteroatoms. The van der Waals surface area contributed by atoms with E-state index < -0.39 is 0 Å². The van der Waals surface area contributed by atoms with Crippen molar-refractivity contribution in [2.45, 2.75) is 50.2 Å². The van der Waals surface area contributed by atoms with Gasteiger partial charge in [-0.25, -0.2) is 4.98 Å². The monoisotopic (exact) mass is 426 g/mol. The molecular formula is C27H30N4O. The zero-order valence-corrected chi connectivity index (χ0v) is 18.3. The van der Waals surface area contributed by atoms with Crippen molar-refractivity contribution in [1.29, 1.82) is 0 Å². The summed E-state index contributed by atoms with van der Waals surface area (Å²) in [6.45, 7) is 1.07. The molecule has 164 valence electrons. The van der Waals surface area contributed by atoms with Crippen molar-refractivity contribution >= 4 is 11.7 Å². The Balaban J connectivity index is 1.16. The van der Waals surface area contributed by atoms with E-state index in [0.29, 0.717) is 17.9 Å². The predicted molar refractivity (Wildman–Crippen MR) is 128 cm³/mol. The number of piperidine rings is 1. The minimum Gasteiger partial charge on any atom is -0.384 e. The first kappa shape index (κ1) is 20.7. The van der Waals surface area contributed by atoms with Gasteiger partial charge in [-0.3, -0.25) is 9.69 Å². The third-order valence-electron chi connectivity index (χ3n) is 6.93. The normalized spacial score (nSPS) is 22.6. The number of hydrogen-bond donors (Lipinski definition) is 2. The smallest absolute Gasteiger partial charge is 0.251 e. The molecule has 2 aliphatic heterocycles. The summed E-state index contributed by atoms with van der Waals surface area (Å²) in [7, 11) is 0. The summed E-state index contributed by atoms with van der Waals surface area (Å²) in [5, 5.41) is 3.28. The molecule has 1 aromatic heterocycles. The Morgan fingerprint density at radius 3 is 2.34 bits per heavy atom. The number of pyridine rings is 1. The molecule has 5 nitrogen and oxygen atoms in total. The summed E-state index contributed by atoms with van der Waals surface area (Å²) in [6, 6.07) is 25.4. The van der Waals surface area contributed by atoms with Crippen LogP contribution in [-0.2, 0) is 6.42 Å². The summed E-state index contributed by atoms with van der Waals surface area (Å²) in [4.78, 5) is 19.6. The number of carbonyl (C=O) groups is 1. The third-order valence-corrected chi connectivity index (χ3v) is 6.93. The highest BCUT2D eigenvalue weighted by molar-refractivity contribution is 5.94. The highest BCUT2D eigenvalue weighted by Crippen LogP contribution is 2.36. The number of rotatable bonds is 6. The van der Waals surface area contributed by atoms with Gasteiger partial charge in [0.25, 0.3) is 5.91 Å². The van der Waals surface area contributed by atoms with Gasteiger partial charge in [-0.05, 0) is 61.9 Å². The fraction of sp³-hybridized carbons (Fsp3) is 0.333. The number of anilines is 1. The highest BCUT2D eigenvalue weighted by atomic mass is 16.1. The largest absolute Gasteiger partial charge is 0.384 e. The van der Waals surface area contributed by atoms with Gasteiger partial charge in [-0.1, -0.05) is 48.5 Å². The van der Waals surface area contributed by atoms with Crippen molar-refractivity contribution < 1.29 is 4.79 Å². The molecule has 3 aromatic rings. The zero-order valence-electron chi connectivity index (χ0n) is 18.3. The number of aromatic nitrogens is 1. The third kappa shape index (κ3) is 4.53. The molecule has 3 heterocycles. The Morgan fingerprint density at radius 1 is 0.938 bits per heavy atom. The number of hydrogen-bond acceptors (Lipinski definition) is 4. The van der Waals surface area contributed by atoms with E-state index >= 15 is 0 Å². The van der Waals surface area contributed by atoms with Crippen LogP contribution in [0.2, 0.25) is 0 Å². The molecule has 0 aliphatic carbocycles. The first-order valence-corrected chi connectivity index (χ1v) is 11.6. The van der Waals surface area contributed by atoms with E-state index in [9.17, 15) is 4.79 Å². The molecule has 3 N–H and O–H groups in total. The van der Waals surface area contributed by atoms with Gasteiger partial charge in [0.2, 0.25) is 0 Å². The van der Waals surface area contributed by atoms with Crippen LogP contribution in [0.1, 0.15) is 41.6 Å². The Hall–Kier alpha value is -3.18. The van der Waals surface area contributed by atoms with Crippen LogP contribution in [-0.4, -0.2) is 40.5 Å². The van der Waals surface area contributed by atoms with Gasteiger partial charge in [0, 0.05) is 35.8 Å². The zero-order chi connectivity index (χ0) is 21.9. The number of amides is 1.